The molecule has 24 heavy (non-hydrogen) atoms. The summed E-state index contributed by atoms with van der Waals surface area (Å²) in [6, 6.07) is 4.01. The molecule has 1 saturated heterocycles. The fourth-order valence-corrected chi connectivity index (χ4v) is 3.01. The Hall–Kier alpha value is -1.99. The highest BCUT2D eigenvalue weighted by Gasteiger charge is 2.43. The van der Waals surface area contributed by atoms with Gasteiger partial charge in [0.2, 0.25) is 5.91 Å². The van der Waals surface area contributed by atoms with Crippen molar-refractivity contribution in [1.29, 1.82) is 0 Å². The molecule has 1 N–H and O–H groups in total. The van der Waals surface area contributed by atoms with Crippen LogP contribution in [0.5, 0.6) is 0 Å². The van der Waals surface area contributed by atoms with Gasteiger partial charge in [-0.15, -0.1) is 0 Å². The summed E-state index contributed by atoms with van der Waals surface area (Å²) in [6.07, 6.45) is -4.33. The monoisotopic (exact) mass is 345 g/mol. The highest BCUT2D eigenvalue weighted by atomic mass is 19.4. The average Bonchev–Trinajstić information content (AvgIpc) is 2.85. The first-order chi connectivity index (χ1) is 11.2. The first-order valence-corrected chi connectivity index (χ1v) is 7.96. The molecule has 0 bridgehead atoms. The number of aromatic nitrogens is 1. The van der Waals surface area contributed by atoms with Gasteiger partial charge in [0.05, 0.1) is 0 Å². The van der Waals surface area contributed by atoms with E-state index in [-0.39, 0.29) is 37.8 Å². The van der Waals surface area contributed by atoms with Crippen molar-refractivity contribution >= 4 is 11.8 Å². The van der Waals surface area contributed by atoms with Gasteiger partial charge in [-0.2, -0.15) is 13.2 Å². The van der Waals surface area contributed by atoms with E-state index in [1.807, 2.05) is 26.0 Å². The van der Waals surface area contributed by atoms with Crippen molar-refractivity contribution in [3.8, 4) is 0 Å². The van der Waals surface area contributed by atoms with Gasteiger partial charge >= 0.3 is 12.1 Å². The number of piperidine rings is 1. The highest BCUT2D eigenvalue weighted by Crippen LogP contribution is 2.23. The van der Waals surface area contributed by atoms with Crippen LogP contribution < -0.4 is 5.32 Å². The Labute approximate surface area is 138 Å². The molecular formula is C16H22F3N3O2. The molecule has 1 fully saturated rings. The topological polar surface area (TPSA) is 54.3 Å². The molecule has 1 aliphatic rings. The number of alkyl halides is 3. The maximum Gasteiger partial charge on any atom is 0.471 e. The third kappa shape index (κ3) is 4.30. The van der Waals surface area contributed by atoms with E-state index in [0.29, 0.717) is 13.1 Å². The Bertz CT molecular complexity index is 583. The van der Waals surface area contributed by atoms with Crippen LogP contribution in [0.1, 0.15) is 24.2 Å². The van der Waals surface area contributed by atoms with Gasteiger partial charge in [-0.25, -0.2) is 0 Å². The van der Waals surface area contributed by atoms with Crippen LogP contribution >= 0.6 is 0 Å². The Morgan fingerprint density at radius 1 is 1.17 bits per heavy atom. The van der Waals surface area contributed by atoms with Crippen molar-refractivity contribution < 1.29 is 22.8 Å². The minimum absolute atomic E-state index is 0.0355. The highest BCUT2D eigenvalue weighted by molar-refractivity contribution is 5.83. The summed E-state index contributed by atoms with van der Waals surface area (Å²) in [5, 5.41) is 2.83. The lowest BCUT2D eigenvalue weighted by Crippen LogP contribution is -2.47. The van der Waals surface area contributed by atoms with Crippen LogP contribution in [0.3, 0.4) is 0 Å². The second-order valence-electron chi connectivity index (χ2n) is 6.12. The number of hydrogen-bond donors (Lipinski definition) is 1. The molecule has 0 spiro atoms. The van der Waals surface area contributed by atoms with Crippen molar-refractivity contribution in [2.45, 2.75) is 39.4 Å². The molecule has 0 aromatic carbocycles. The first kappa shape index (κ1) is 18.4. The van der Waals surface area contributed by atoms with Crippen molar-refractivity contribution in [3.05, 3.63) is 23.5 Å². The predicted octanol–water partition coefficient (Wildman–Crippen LogP) is 2.02. The largest absolute Gasteiger partial charge is 0.471 e. The molecule has 5 nitrogen and oxygen atoms in total. The lowest BCUT2D eigenvalue weighted by atomic mass is 9.96. The Morgan fingerprint density at radius 2 is 1.71 bits per heavy atom. The lowest BCUT2D eigenvalue weighted by molar-refractivity contribution is -0.186. The predicted molar refractivity (Wildman–Crippen MR) is 82.3 cm³/mol. The van der Waals surface area contributed by atoms with E-state index in [1.54, 1.807) is 0 Å². The molecule has 134 valence electrons. The third-order valence-corrected chi connectivity index (χ3v) is 4.45. The Kier molecular flexibility index (Phi) is 5.56. The van der Waals surface area contributed by atoms with Crippen molar-refractivity contribution in [3.63, 3.8) is 0 Å². The van der Waals surface area contributed by atoms with Crippen LogP contribution in [-0.4, -0.2) is 47.1 Å². The molecule has 2 amide bonds. The number of aryl methyl sites for hydroxylation is 2. The molecule has 0 saturated carbocycles. The van der Waals surface area contributed by atoms with Crippen molar-refractivity contribution in [2.24, 2.45) is 5.92 Å². The van der Waals surface area contributed by atoms with Crippen LogP contribution in [-0.2, 0) is 16.1 Å². The van der Waals surface area contributed by atoms with E-state index in [9.17, 15) is 22.8 Å². The SMILES string of the molecule is Cc1ccc(C)n1CCNC(=O)C1CCN(C(=O)C(F)(F)F)CC1. The fraction of sp³-hybridized carbons (Fsp3) is 0.625. The molecular weight excluding hydrogens is 323 g/mol. The zero-order valence-electron chi connectivity index (χ0n) is 13.8. The maximum absolute atomic E-state index is 12.4. The normalized spacial score (nSPS) is 16.3. The number of amides is 2. The van der Waals surface area contributed by atoms with Gasteiger partial charge in [0, 0.05) is 43.5 Å². The molecule has 1 aliphatic heterocycles. The van der Waals surface area contributed by atoms with Gasteiger partial charge in [-0.05, 0) is 38.8 Å². The number of likely N-dealkylation sites (tertiary alicyclic amines) is 1. The zero-order valence-corrected chi connectivity index (χ0v) is 13.8. The van der Waals surface area contributed by atoms with Crippen LogP contribution in [0, 0.1) is 19.8 Å². The number of rotatable bonds is 4. The molecule has 0 unspecified atom stereocenters. The fourth-order valence-electron chi connectivity index (χ4n) is 3.01. The van der Waals surface area contributed by atoms with Gasteiger partial charge < -0.3 is 14.8 Å². The summed E-state index contributed by atoms with van der Waals surface area (Å²) in [4.78, 5) is 24.1. The van der Waals surface area contributed by atoms with E-state index in [2.05, 4.69) is 9.88 Å². The van der Waals surface area contributed by atoms with Gasteiger partial charge in [0.15, 0.2) is 0 Å². The molecule has 8 heteroatoms. The summed E-state index contributed by atoms with van der Waals surface area (Å²) in [7, 11) is 0. The quantitative estimate of drug-likeness (QED) is 0.908. The van der Waals surface area contributed by atoms with E-state index < -0.39 is 12.1 Å². The van der Waals surface area contributed by atoms with Gasteiger partial charge in [-0.1, -0.05) is 0 Å². The molecule has 2 rings (SSSR count). The van der Waals surface area contributed by atoms with Gasteiger partial charge in [-0.3, -0.25) is 9.59 Å². The van der Waals surface area contributed by atoms with Crippen LogP contribution in [0.2, 0.25) is 0 Å². The molecule has 2 heterocycles. The van der Waals surface area contributed by atoms with E-state index in [4.69, 9.17) is 0 Å². The number of carbonyl (C=O) groups is 2. The minimum atomic E-state index is -4.85. The maximum atomic E-state index is 12.4. The second kappa shape index (κ2) is 7.27. The van der Waals surface area contributed by atoms with E-state index in [1.165, 1.54) is 0 Å². The average molecular weight is 345 g/mol. The second-order valence-corrected chi connectivity index (χ2v) is 6.12. The molecule has 1 aromatic heterocycles. The van der Waals surface area contributed by atoms with Crippen molar-refractivity contribution in [2.75, 3.05) is 19.6 Å². The lowest BCUT2D eigenvalue weighted by Gasteiger charge is -2.31. The third-order valence-electron chi connectivity index (χ3n) is 4.45. The zero-order chi connectivity index (χ0) is 17.9. The number of nitrogens with one attached hydrogen (secondary N) is 1. The summed E-state index contributed by atoms with van der Waals surface area (Å²) >= 11 is 0. The molecule has 1 aromatic rings. The Balaban J connectivity index is 1.76. The number of hydrogen-bond acceptors (Lipinski definition) is 2. The summed E-state index contributed by atoms with van der Waals surface area (Å²) in [5.74, 6) is -2.31. The first-order valence-electron chi connectivity index (χ1n) is 7.96. The summed E-state index contributed by atoms with van der Waals surface area (Å²) in [6.45, 7) is 5.03. The van der Waals surface area contributed by atoms with E-state index >= 15 is 0 Å². The van der Waals surface area contributed by atoms with Gasteiger partial charge in [0.1, 0.15) is 0 Å². The smallest absolute Gasteiger partial charge is 0.354 e. The van der Waals surface area contributed by atoms with Crippen LogP contribution in [0.15, 0.2) is 12.1 Å². The number of carbonyl (C=O) groups excluding carboxylic acids is 2. The summed E-state index contributed by atoms with van der Waals surface area (Å²) in [5.41, 5.74) is 2.22. The molecule has 0 aliphatic carbocycles. The van der Waals surface area contributed by atoms with E-state index in [0.717, 1.165) is 16.3 Å². The minimum Gasteiger partial charge on any atom is -0.354 e. The van der Waals surface area contributed by atoms with Gasteiger partial charge in [0.25, 0.3) is 0 Å². The molecule has 0 atom stereocenters. The van der Waals surface area contributed by atoms with Crippen molar-refractivity contribution in [1.82, 2.24) is 14.8 Å². The van der Waals surface area contributed by atoms with Crippen LogP contribution in [0.4, 0.5) is 13.2 Å². The standard InChI is InChI=1S/C16H22F3N3O2/c1-11-3-4-12(2)22(11)10-7-20-14(23)13-5-8-21(9-6-13)15(24)16(17,18)19/h3-4,13H,5-10H2,1-2H3,(H,20,23). The number of halogens is 3. The summed E-state index contributed by atoms with van der Waals surface area (Å²) < 4.78 is 39.2. The van der Waals surface area contributed by atoms with Crippen LogP contribution in [0.25, 0.3) is 0 Å². The number of nitrogens with zero attached hydrogens (tertiary/aromatic N) is 2. The Morgan fingerprint density at radius 3 is 2.21 bits per heavy atom. The molecule has 0 radical (unpaired) electrons.